The molecule has 0 saturated carbocycles. The molecule has 3 aromatic rings. The maximum atomic E-state index is 12.7. The van der Waals surface area contributed by atoms with Crippen LogP contribution in [-0.2, 0) is 23.9 Å². The maximum absolute atomic E-state index is 12.7. The third-order valence-corrected chi connectivity index (χ3v) is 5.85. The lowest BCUT2D eigenvalue weighted by Crippen LogP contribution is -2.62. The monoisotopic (exact) mass is 562 g/mol. The van der Waals surface area contributed by atoms with Crippen molar-refractivity contribution in [2.75, 3.05) is 7.11 Å². The molecule has 4 rings (SSSR count). The number of methoxy groups -OCH3 is 1. The molecule has 1 saturated heterocycles. The van der Waals surface area contributed by atoms with Gasteiger partial charge in [-0.1, -0.05) is 0 Å². The zero-order valence-corrected chi connectivity index (χ0v) is 20.4. The van der Waals surface area contributed by atoms with Crippen molar-refractivity contribution in [2.45, 2.75) is 37.1 Å². The molecule has 0 bridgehead atoms. The van der Waals surface area contributed by atoms with Crippen LogP contribution in [0.15, 0.2) is 45.6 Å². The number of carboxylic acid groups (broad SMARTS) is 2. The largest absolute Gasteiger partial charge is 0.507 e. The van der Waals surface area contributed by atoms with E-state index in [-0.39, 0.29) is 39.5 Å². The highest BCUT2D eigenvalue weighted by Crippen LogP contribution is 2.35. The number of hydrogen-bond donors (Lipinski definition) is 6. The van der Waals surface area contributed by atoms with Gasteiger partial charge in [-0.05, 0) is 18.2 Å². The van der Waals surface area contributed by atoms with Gasteiger partial charge in [0.25, 0.3) is 0 Å². The number of aliphatic carboxylic acids is 2. The van der Waals surface area contributed by atoms with Gasteiger partial charge in [-0.25, -0.2) is 4.79 Å². The molecule has 15 heteroatoms. The predicted octanol–water partition coefficient (Wildman–Crippen LogP) is 0.176. The van der Waals surface area contributed by atoms with Gasteiger partial charge in [0.05, 0.1) is 7.11 Å². The molecule has 15 nitrogen and oxygen atoms in total. The Bertz CT molecular complexity index is 1530. The second-order valence-corrected chi connectivity index (χ2v) is 8.56. The van der Waals surface area contributed by atoms with Crippen molar-refractivity contribution >= 4 is 28.9 Å². The summed E-state index contributed by atoms with van der Waals surface area (Å²) in [6.45, 7) is 0. The molecule has 0 unspecified atom stereocenters. The highest BCUT2D eigenvalue weighted by molar-refractivity contribution is 5.90. The Morgan fingerprint density at radius 3 is 2.33 bits per heavy atom. The molecule has 0 spiro atoms. The molecule has 6 N–H and O–H groups in total. The second kappa shape index (κ2) is 11.1. The third-order valence-electron chi connectivity index (χ3n) is 5.85. The van der Waals surface area contributed by atoms with E-state index in [0.717, 1.165) is 18.2 Å². The van der Waals surface area contributed by atoms with Gasteiger partial charge >= 0.3 is 17.9 Å². The number of carboxylic acids is 2. The summed E-state index contributed by atoms with van der Waals surface area (Å²) in [5.41, 5.74) is -0.597. The van der Waals surface area contributed by atoms with Crippen LogP contribution < -0.4 is 14.9 Å². The zero-order valence-electron chi connectivity index (χ0n) is 20.4. The molecule has 1 aliphatic rings. The number of aliphatic hydroxyl groups is 2. The van der Waals surface area contributed by atoms with E-state index < -0.39 is 66.2 Å². The molecular weight excluding hydrogens is 540 g/mol. The first-order chi connectivity index (χ1) is 18.9. The highest BCUT2D eigenvalue weighted by Gasteiger charge is 2.51. The first kappa shape index (κ1) is 28.2. The van der Waals surface area contributed by atoms with Crippen LogP contribution in [0.3, 0.4) is 0 Å². The van der Waals surface area contributed by atoms with E-state index in [1.807, 2.05) is 0 Å². The fourth-order valence-electron chi connectivity index (χ4n) is 4.02. The van der Waals surface area contributed by atoms with Crippen LogP contribution in [0.1, 0.15) is 6.42 Å². The number of phenolic OH excluding ortho intramolecular Hbond substituents is 2. The molecular formula is C25H22O15. The number of ether oxygens (including phenoxy) is 4. The Kier molecular flexibility index (Phi) is 7.81. The SMILES string of the molecule is COc1ccc(-c2cc(=O)c3c(O)cc(O[C@@H]4O[C@H](C(=O)O)[C@@H](O)[C@H](OC(=O)CC(=O)O)[C@H]4O)cc3o2)cc1O. The second-order valence-electron chi connectivity index (χ2n) is 8.56. The van der Waals surface area contributed by atoms with Crippen molar-refractivity contribution in [3.05, 3.63) is 46.6 Å². The van der Waals surface area contributed by atoms with Gasteiger partial charge in [-0.2, -0.15) is 0 Å². The lowest BCUT2D eigenvalue weighted by molar-refractivity contribution is -0.275. The lowest BCUT2D eigenvalue weighted by Gasteiger charge is -2.40. The quantitative estimate of drug-likeness (QED) is 0.158. The minimum atomic E-state index is -2.10. The number of aliphatic hydroxyl groups excluding tert-OH is 2. The Balaban J connectivity index is 1.68. The van der Waals surface area contributed by atoms with Gasteiger partial charge in [-0.15, -0.1) is 0 Å². The standard InChI is InChI=1S/C25H22O15/c1-36-14-3-2-9(4-11(14)26)15-7-13(28)19-12(27)5-10(6-16(19)38-15)37-25-21(33)22(39-18(31)8-17(29)30)20(32)23(40-25)24(34)35/h2-7,20-23,25-27,32-33H,8H2,1H3,(H,29,30)(H,34,35)/t20-,21+,22-,23-,25+/m0/s1. The topological polar surface area (TPSA) is 240 Å². The van der Waals surface area contributed by atoms with Crippen molar-refractivity contribution in [1.82, 2.24) is 0 Å². The van der Waals surface area contributed by atoms with Crippen LogP contribution >= 0.6 is 0 Å². The number of phenols is 2. The molecule has 2 aromatic carbocycles. The average Bonchev–Trinajstić information content (AvgIpc) is 2.87. The fraction of sp³-hybridized carbons (Fsp3) is 0.280. The number of rotatable bonds is 8. The zero-order chi connectivity index (χ0) is 29.3. The van der Waals surface area contributed by atoms with E-state index in [1.54, 1.807) is 0 Å². The van der Waals surface area contributed by atoms with E-state index in [9.17, 15) is 44.7 Å². The smallest absolute Gasteiger partial charge is 0.335 e. The summed E-state index contributed by atoms with van der Waals surface area (Å²) < 4.78 is 26.1. The summed E-state index contributed by atoms with van der Waals surface area (Å²) in [5, 5.41) is 59.4. The molecule has 40 heavy (non-hydrogen) atoms. The number of esters is 1. The van der Waals surface area contributed by atoms with Crippen LogP contribution in [-0.4, -0.2) is 86.4 Å². The molecule has 1 aliphatic heterocycles. The van der Waals surface area contributed by atoms with E-state index in [2.05, 4.69) is 0 Å². The summed E-state index contributed by atoms with van der Waals surface area (Å²) in [7, 11) is 1.35. The average molecular weight is 562 g/mol. The van der Waals surface area contributed by atoms with E-state index in [1.165, 1.54) is 25.3 Å². The Morgan fingerprint density at radius 2 is 1.70 bits per heavy atom. The normalized spacial score (nSPS) is 22.4. The molecule has 2 heterocycles. The number of carbonyl (C=O) groups excluding carboxylic acids is 1. The number of hydrogen-bond acceptors (Lipinski definition) is 13. The Hall–Kier alpha value is -4.86. The van der Waals surface area contributed by atoms with E-state index >= 15 is 0 Å². The van der Waals surface area contributed by atoms with Gasteiger partial charge < -0.3 is 54.0 Å². The van der Waals surface area contributed by atoms with Crippen molar-refractivity contribution in [3.8, 4) is 34.3 Å². The number of benzene rings is 2. The van der Waals surface area contributed by atoms with E-state index in [0.29, 0.717) is 0 Å². The first-order valence-corrected chi connectivity index (χ1v) is 11.4. The molecule has 1 aromatic heterocycles. The Labute approximate surface area is 222 Å². The molecule has 0 aliphatic carbocycles. The number of aromatic hydroxyl groups is 2. The van der Waals surface area contributed by atoms with Gasteiger partial charge in [0.15, 0.2) is 35.2 Å². The third kappa shape index (κ3) is 5.61. The van der Waals surface area contributed by atoms with Crippen LogP contribution in [0.2, 0.25) is 0 Å². The lowest BCUT2D eigenvalue weighted by atomic mass is 9.98. The summed E-state index contributed by atoms with van der Waals surface area (Å²) in [6, 6.07) is 7.34. The number of fused-ring (bicyclic) bond motifs is 1. The van der Waals surface area contributed by atoms with E-state index in [4.69, 9.17) is 28.5 Å². The van der Waals surface area contributed by atoms with Crippen molar-refractivity contribution in [1.29, 1.82) is 0 Å². The van der Waals surface area contributed by atoms with Crippen LogP contribution in [0, 0.1) is 0 Å². The van der Waals surface area contributed by atoms with Gasteiger partial charge in [0, 0.05) is 23.8 Å². The molecule has 0 radical (unpaired) electrons. The van der Waals surface area contributed by atoms with Crippen molar-refractivity contribution < 1.29 is 68.4 Å². The summed E-state index contributed by atoms with van der Waals surface area (Å²) in [6.07, 6.45) is -11.2. The van der Waals surface area contributed by atoms with Gasteiger partial charge in [0.1, 0.15) is 40.8 Å². The molecule has 212 valence electrons. The van der Waals surface area contributed by atoms with Gasteiger partial charge in [-0.3, -0.25) is 14.4 Å². The minimum absolute atomic E-state index is 0.0135. The summed E-state index contributed by atoms with van der Waals surface area (Å²) in [5.74, 6) is -5.66. The van der Waals surface area contributed by atoms with Crippen molar-refractivity contribution in [3.63, 3.8) is 0 Å². The maximum Gasteiger partial charge on any atom is 0.335 e. The molecule has 0 amide bonds. The minimum Gasteiger partial charge on any atom is -0.507 e. The predicted molar refractivity (Wildman–Crippen MR) is 129 cm³/mol. The highest BCUT2D eigenvalue weighted by atomic mass is 16.7. The van der Waals surface area contributed by atoms with Crippen LogP contribution in [0.25, 0.3) is 22.3 Å². The summed E-state index contributed by atoms with van der Waals surface area (Å²) in [4.78, 5) is 46.9. The van der Waals surface area contributed by atoms with Crippen LogP contribution in [0.4, 0.5) is 0 Å². The number of carbonyl (C=O) groups is 3. The first-order valence-electron chi connectivity index (χ1n) is 11.4. The van der Waals surface area contributed by atoms with Crippen molar-refractivity contribution in [2.24, 2.45) is 0 Å². The fourth-order valence-corrected chi connectivity index (χ4v) is 4.02. The molecule has 5 atom stereocenters. The molecule has 1 fully saturated rings. The Morgan fingerprint density at radius 1 is 0.975 bits per heavy atom. The van der Waals surface area contributed by atoms with Crippen LogP contribution in [0.5, 0.6) is 23.0 Å². The van der Waals surface area contributed by atoms with Gasteiger partial charge in [0.2, 0.25) is 6.29 Å². The summed E-state index contributed by atoms with van der Waals surface area (Å²) >= 11 is 0.